The van der Waals surface area contributed by atoms with Crippen molar-refractivity contribution in [3.63, 3.8) is 0 Å². The van der Waals surface area contributed by atoms with E-state index in [1.165, 1.54) is 18.3 Å². The van der Waals surface area contributed by atoms with Crippen molar-refractivity contribution in [1.29, 1.82) is 0 Å². The largest absolute Gasteiger partial charge is 0.481 e. The molecule has 1 aromatic heterocycles. The molecule has 0 fully saturated rings. The number of unbranched alkanes of at least 4 members (excludes halogenated alkanes) is 4. The number of esters is 1. The number of benzene rings is 1. The molecule has 0 aliphatic carbocycles. The number of carboxylic acid groups (broad SMARTS) is 1. The topological polar surface area (TPSA) is 164 Å². The molecule has 0 saturated heterocycles. The number of aromatic nitrogens is 1. The van der Waals surface area contributed by atoms with Crippen LogP contribution in [0.15, 0.2) is 29.6 Å². The van der Waals surface area contributed by atoms with Gasteiger partial charge in [-0.15, -0.1) is 11.3 Å². The molecular weight excluding hydrogens is 655 g/mol. The van der Waals surface area contributed by atoms with Crippen molar-refractivity contribution in [3.05, 3.63) is 45.9 Å². The Morgan fingerprint density at radius 1 is 1.04 bits per heavy atom. The number of rotatable bonds is 24. The summed E-state index contributed by atoms with van der Waals surface area (Å²) in [6.07, 6.45) is 6.62. The van der Waals surface area contributed by atoms with E-state index in [9.17, 15) is 24.3 Å². The number of nitrogens with zero attached hydrogens (tertiary/aromatic N) is 2. The molecule has 0 saturated carbocycles. The van der Waals surface area contributed by atoms with Gasteiger partial charge in [-0.2, -0.15) is 0 Å². The van der Waals surface area contributed by atoms with Gasteiger partial charge in [0.1, 0.15) is 10.7 Å². The quantitative estimate of drug-likeness (QED) is 0.0664. The van der Waals surface area contributed by atoms with Crippen LogP contribution in [0.3, 0.4) is 0 Å². The van der Waals surface area contributed by atoms with Crippen molar-refractivity contribution < 1.29 is 29.0 Å². The molecule has 11 nitrogen and oxygen atoms in total. The maximum atomic E-state index is 13.6. The molecule has 3 atom stereocenters. The molecule has 1 heterocycles. The number of nitrogens with one attached hydrogen (secondary N) is 2. The van der Waals surface area contributed by atoms with Gasteiger partial charge in [-0.25, -0.2) is 4.98 Å². The van der Waals surface area contributed by atoms with Crippen molar-refractivity contribution in [2.75, 3.05) is 25.0 Å². The van der Waals surface area contributed by atoms with Crippen LogP contribution >= 0.6 is 11.3 Å². The lowest BCUT2D eigenvalue weighted by Gasteiger charge is -2.36. The maximum absolute atomic E-state index is 13.6. The SMILES string of the molecule is CCCCCCN(C(=O)CCCC)C(CC(OC(C)=O)c1nc(C(=O)NC(Cc2ccc(NCCN)cc2)CC(C)(C)C(=O)O)cs1)C(C)C. The highest BCUT2D eigenvalue weighted by Crippen LogP contribution is 2.32. The second-order valence-electron chi connectivity index (χ2n) is 14.1. The van der Waals surface area contributed by atoms with Crippen LogP contribution in [0.4, 0.5) is 5.69 Å². The number of carboxylic acids is 1. The third kappa shape index (κ3) is 14.4. The number of anilines is 1. The molecule has 5 N–H and O–H groups in total. The fourth-order valence-corrected chi connectivity index (χ4v) is 6.81. The van der Waals surface area contributed by atoms with Crippen LogP contribution in [0.5, 0.6) is 0 Å². The lowest BCUT2D eigenvalue weighted by atomic mass is 9.84. The summed E-state index contributed by atoms with van der Waals surface area (Å²) in [6.45, 7) is 14.8. The predicted molar refractivity (Wildman–Crippen MR) is 200 cm³/mol. The lowest BCUT2D eigenvalue weighted by Crippen LogP contribution is -2.45. The summed E-state index contributed by atoms with van der Waals surface area (Å²) in [6, 6.07) is 7.07. The highest BCUT2D eigenvalue weighted by Gasteiger charge is 2.34. The van der Waals surface area contributed by atoms with Crippen LogP contribution in [-0.4, -0.2) is 70.5 Å². The summed E-state index contributed by atoms with van der Waals surface area (Å²) in [5.74, 6) is -1.65. The van der Waals surface area contributed by atoms with Gasteiger partial charge in [0.05, 0.1) is 5.41 Å². The normalized spacial score (nSPS) is 13.4. The average Bonchev–Trinajstić information content (AvgIpc) is 3.56. The van der Waals surface area contributed by atoms with Gasteiger partial charge >= 0.3 is 11.9 Å². The molecule has 2 amide bonds. The summed E-state index contributed by atoms with van der Waals surface area (Å²) >= 11 is 1.23. The number of amides is 2. The minimum Gasteiger partial charge on any atom is -0.481 e. The Bertz CT molecular complexity index is 1350. The average molecular weight is 716 g/mol. The van der Waals surface area contributed by atoms with Gasteiger partial charge in [-0.1, -0.05) is 65.5 Å². The number of carbonyl (C=O) groups excluding carboxylic acids is 3. The van der Waals surface area contributed by atoms with Gasteiger partial charge < -0.3 is 31.1 Å². The second-order valence-corrected chi connectivity index (χ2v) is 15.0. The number of aliphatic carboxylic acids is 1. The maximum Gasteiger partial charge on any atom is 0.309 e. The monoisotopic (exact) mass is 715 g/mol. The van der Waals surface area contributed by atoms with Crippen LogP contribution in [-0.2, 0) is 25.5 Å². The first-order chi connectivity index (χ1) is 23.7. The zero-order valence-corrected chi connectivity index (χ0v) is 32.1. The van der Waals surface area contributed by atoms with E-state index in [0.29, 0.717) is 43.9 Å². The molecule has 280 valence electrons. The summed E-state index contributed by atoms with van der Waals surface area (Å²) < 4.78 is 5.81. The molecular formula is C38H61N5O6S. The van der Waals surface area contributed by atoms with Crippen molar-refractivity contribution >= 4 is 40.8 Å². The van der Waals surface area contributed by atoms with E-state index in [1.807, 2.05) is 29.2 Å². The Labute approximate surface area is 303 Å². The zero-order chi connectivity index (χ0) is 37.3. The van der Waals surface area contributed by atoms with Crippen molar-refractivity contribution in [1.82, 2.24) is 15.2 Å². The minimum atomic E-state index is -1.09. The number of hydrogen-bond donors (Lipinski definition) is 4. The smallest absolute Gasteiger partial charge is 0.309 e. The fraction of sp³-hybridized carbons (Fsp3) is 0.658. The molecule has 0 bridgehead atoms. The third-order valence-corrected chi connectivity index (χ3v) is 9.80. The highest BCUT2D eigenvalue weighted by atomic mass is 32.1. The van der Waals surface area contributed by atoms with Crippen LogP contribution in [0, 0.1) is 11.3 Å². The first-order valence-electron chi connectivity index (χ1n) is 18.2. The first-order valence-corrected chi connectivity index (χ1v) is 19.1. The van der Waals surface area contributed by atoms with Crippen molar-refractivity contribution in [2.45, 2.75) is 131 Å². The second kappa shape index (κ2) is 21.6. The molecule has 0 spiro atoms. The Morgan fingerprint density at radius 3 is 2.30 bits per heavy atom. The van der Waals surface area contributed by atoms with Gasteiger partial charge in [0, 0.05) is 62.6 Å². The van der Waals surface area contributed by atoms with Crippen LogP contribution in [0.25, 0.3) is 0 Å². The standard InChI is InChI=1S/C38H61N5O6S/c1-8-10-12-13-21-43(34(45)14-11-9-2)32(26(3)4)23-33(49-27(5)44)36-42-31(25-50-36)35(46)41-30(24-38(6,7)37(47)48)22-28-15-17-29(18-16-28)40-20-19-39/h15-18,25-26,30,32-33,40H,8-14,19-24,39H2,1-7H3,(H,41,46)(H,47,48). The van der Waals surface area contributed by atoms with Crippen LogP contribution in [0.2, 0.25) is 0 Å². The van der Waals surface area contributed by atoms with E-state index in [1.54, 1.807) is 19.2 Å². The Balaban J connectivity index is 2.33. The van der Waals surface area contributed by atoms with E-state index < -0.39 is 35.4 Å². The van der Waals surface area contributed by atoms with E-state index in [0.717, 1.165) is 49.8 Å². The van der Waals surface area contributed by atoms with E-state index in [-0.39, 0.29) is 30.0 Å². The summed E-state index contributed by atoms with van der Waals surface area (Å²) in [7, 11) is 0. The minimum absolute atomic E-state index is 0.0939. The van der Waals surface area contributed by atoms with Gasteiger partial charge in [-0.05, 0) is 63.1 Å². The van der Waals surface area contributed by atoms with Crippen LogP contribution < -0.4 is 16.4 Å². The van der Waals surface area contributed by atoms with E-state index in [4.69, 9.17) is 10.5 Å². The van der Waals surface area contributed by atoms with Gasteiger partial charge in [0.15, 0.2) is 6.10 Å². The Kier molecular flexibility index (Phi) is 18.5. The molecule has 0 radical (unpaired) electrons. The van der Waals surface area contributed by atoms with Crippen LogP contribution in [0.1, 0.15) is 133 Å². The lowest BCUT2D eigenvalue weighted by molar-refractivity contribution is -0.149. The molecule has 50 heavy (non-hydrogen) atoms. The predicted octanol–water partition coefficient (Wildman–Crippen LogP) is 6.97. The van der Waals surface area contributed by atoms with Gasteiger partial charge in [0.25, 0.3) is 5.91 Å². The molecule has 2 aromatic rings. The van der Waals surface area contributed by atoms with Crippen molar-refractivity contribution in [3.8, 4) is 0 Å². The van der Waals surface area contributed by atoms with E-state index >= 15 is 0 Å². The Hall–Kier alpha value is -3.51. The molecule has 0 aliphatic heterocycles. The fourth-order valence-electron chi connectivity index (χ4n) is 5.97. The summed E-state index contributed by atoms with van der Waals surface area (Å²) in [4.78, 5) is 58.1. The molecule has 3 unspecified atom stereocenters. The summed E-state index contributed by atoms with van der Waals surface area (Å²) in [5.41, 5.74) is 6.54. The van der Waals surface area contributed by atoms with Crippen molar-refractivity contribution in [2.24, 2.45) is 17.1 Å². The number of thiazole rings is 1. The molecule has 2 rings (SSSR count). The number of ether oxygens (including phenoxy) is 1. The third-order valence-electron chi connectivity index (χ3n) is 8.86. The van der Waals surface area contributed by atoms with Gasteiger partial charge in [0.2, 0.25) is 5.91 Å². The first kappa shape index (κ1) is 42.7. The molecule has 1 aromatic carbocycles. The molecule has 0 aliphatic rings. The van der Waals surface area contributed by atoms with Gasteiger partial charge in [-0.3, -0.25) is 19.2 Å². The van der Waals surface area contributed by atoms with E-state index in [2.05, 4.69) is 43.3 Å². The number of carbonyl (C=O) groups is 4. The Morgan fingerprint density at radius 2 is 1.72 bits per heavy atom. The summed E-state index contributed by atoms with van der Waals surface area (Å²) in [5, 5.41) is 18.2. The number of nitrogens with two attached hydrogens (primary N) is 1. The zero-order valence-electron chi connectivity index (χ0n) is 31.3. The highest BCUT2D eigenvalue weighted by molar-refractivity contribution is 7.09. The number of hydrogen-bond acceptors (Lipinski definition) is 9. The molecule has 12 heteroatoms.